The van der Waals surface area contributed by atoms with Crippen LogP contribution in [0.5, 0.6) is 0 Å². The van der Waals surface area contributed by atoms with Gasteiger partial charge in [-0.1, -0.05) is 6.92 Å². The smallest absolute Gasteiger partial charge is 0.225 e. The number of nitrogens with one attached hydrogen (secondary N) is 2. The number of aromatic nitrogens is 2. The van der Waals surface area contributed by atoms with Crippen LogP contribution in [0.15, 0.2) is 42.7 Å². The number of nitrogens with zero attached hydrogens (tertiary/aromatic N) is 2. The molecule has 2 aromatic rings. The van der Waals surface area contributed by atoms with Crippen LogP contribution in [0, 0.1) is 0 Å². The SMILES string of the molecule is CCNC(C)CC(=O)Nc1ccc(-n2cccn2)cc1. The fourth-order valence-electron chi connectivity index (χ4n) is 2.03. The van der Waals surface area contributed by atoms with Crippen LogP contribution in [0.3, 0.4) is 0 Å². The summed E-state index contributed by atoms with van der Waals surface area (Å²) in [5, 5.41) is 10.3. The first-order valence-electron chi connectivity index (χ1n) is 6.82. The second kappa shape index (κ2) is 6.86. The van der Waals surface area contributed by atoms with Gasteiger partial charge in [-0.15, -0.1) is 0 Å². The first-order chi connectivity index (χ1) is 9.69. The molecule has 1 unspecified atom stereocenters. The zero-order valence-corrected chi connectivity index (χ0v) is 11.8. The molecule has 0 radical (unpaired) electrons. The van der Waals surface area contributed by atoms with E-state index in [4.69, 9.17) is 0 Å². The van der Waals surface area contributed by atoms with E-state index in [0.29, 0.717) is 6.42 Å². The molecule has 1 amide bonds. The van der Waals surface area contributed by atoms with E-state index in [1.165, 1.54) is 0 Å². The van der Waals surface area contributed by atoms with E-state index >= 15 is 0 Å². The first kappa shape index (κ1) is 14.3. The second-order valence-electron chi connectivity index (χ2n) is 4.71. The van der Waals surface area contributed by atoms with Crippen molar-refractivity contribution in [2.75, 3.05) is 11.9 Å². The summed E-state index contributed by atoms with van der Waals surface area (Å²) in [5.41, 5.74) is 1.77. The van der Waals surface area contributed by atoms with E-state index < -0.39 is 0 Å². The summed E-state index contributed by atoms with van der Waals surface area (Å²) in [4.78, 5) is 11.8. The second-order valence-corrected chi connectivity index (χ2v) is 4.71. The van der Waals surface area contributed by atoms with E-state index in [-0.39, 0.29) is 11.9 Å². The molecule has 2 rings (SSSR count). The molecule has 20 heavy (non-hydrogen) atoms. The highest BCUT2D eigenvalue weighted by Gasteiger charge is 2.08. The lowest BCUT2D eigenvalue weighted by molar-refractivity contribution is -0.116. The Kier molecular flexibility index (Phi) is 4.90. The van der Waals surface area contributed by atoms with Gasteiger partial charge in [-0.25, -0.2) is 4.68 Å². The summed E-state index contributed by atoms with van der Waals surface area (Å²) < 4.78 is 1.78. The van der Waals surface area contributed by atoms with E-state index in [0.717, 1.165) is 17.9 Å². The fourth-order valence-corrected chi connectivity index (χ4v) is 2.03. The van der Waals surface area contributed by atoms with Gasteiger partial charge < -0.3 is 10.6 Å². The monoisotopic (exact) mass is 272 g/mol. The summed E-state index contributed by atoms with van der Waals surface area (Å²) in [6.07, 6.45) is 4.08. The van der Waals surface area contributed by atoms with E-state index in [1.807, 2.05) is 50.4 Å². The zero-order chi connectivity index (χ0) is 14.4. The molecule has 5 nitrogen and oxygen atoms in total. The van der Waals surface area contributed by atoms with Gasteiger partial charge in [-0.3, -0.25) is 4.79 Å². The lowest BCUT2D eigenvalue weighted by atomic mass is 10.2. The summed E-state index contributed by atoms with van der Waals surface area (Å²) in [5.74, 6) is 0.0188. The molecule has 0 aliphatic heterocycles. The Morgan fingerprint density at radius 3 is 2.70 bits per heavy atom. The van der Waals surface area contributed by atoms with Crippen molar-refractivity contribution < 1.29 is 4.79 Å². The van der Waals surface area contributed by atoms with Gasteiger partial charge in [0.05, 0.1) is 5.69 Å². The molecule has 0 saturated carbocycles. The van der Waals surface area contributed by atoms with Crippen LogP contribution in [0.1, 0.15) is 20.3 Å². The average molecular weight is 272 g/mol. The van der Waals surface area contributed by atoms with E-state index in [1.54, 1.807) is 10.9 Å². The van der Waals surface area contributed by atoms with E-state index in [9.17, 15) is 4.79 Å². The Morgan fingerprint density at radius 2 is 2.10 bits per heavy atom. The maximum atomic E-state index is 11.8. The molecule has 1 heterocycles. The fraction of sp³-hybridized carbons (Fsp3) is 0.333. The number of rotatable bonds is 6. The number of hydrogen-bond acceptors (Lipinski definition) is 3. The molecule has 0 spiro atoms. The third kappa shape index (κ3) is 3.93. The minimum atomic E-state index is 0.0188. The molecular weight excluding hydrogens is 252 g/mol. The van der Waals surface area contributed by atoms with Gasteiger partial charge in [0, 0.05) is 30.5 Å². The first-order valence-corrected chi connectivity index (χ1v) is 6.82. The Bertz CT molecular complexity index is 534. The van der Waals surface area contributed by atoms with Gasteiger partial charge >= 0.3 is 0 Å². The van der Waals surface area contributed by atoms with Crippen LogP contribution in [0.2, 0.25) is 0 Å². The molecular formula is C15H20N4O. The quantitative estimate of drug-likeness (QED) is 0.847. The van der Waals surface area contributed by atoms with Gasteiger partial charge in [-0.05, 0) is 43.8 Å². The summed E-state index contributed by atoms with van der Waals surface area (Å²) >= 11 is 0. The van der Waals surface area contributed by atoms with Crippen LogP contribution < -0.4 is 10.6 Å². The van der Waals surface area contributed by atoms with Gasteiger partial charge in [0.1, 0.15) is 0 Å². The zero-order valence-electron chi connectivity index (χ0n) is 11.8. The molecule has 5 heteroatoms. The number of carbonyl (C=O) groups excluding carboxylic acids is 1. The largest absolute Gasteiger partial charge is 0.326 e. The number of anilines is 1. The summed E-state index contributed by atoms with van der Waals surface area (Å²) in [7, 11) is 0. The standard InChI is InChI=1S/C15H20N4O/c1-3-16-12(2)11-15(20)18-13-5-7-14(8-6-13)19-10-4-9-17-19/h4-10,12,16H,3,11H2,1-2H3,(H,18,20). The number of amides is 1. The average Bonchev–Trinajstić information content (AvgIpc) is 2.93. The van der Waals surface area contributed by atoms with Gasteiger partial charge in [0.2, 0.25) is 5.91 Å². The highest BCUT2D eigenvalue weighted by molar-refractivity contribution is 5.91. The van der Waals surface area contributed by atoms with Gasteiger partial charge in [-0.2, -0.15) is 5.10 Å². The Hall–Kier alpha value is -2.14. The lowest BCUT2D eigenvalue weighted by Gasteiger charge is -2.12. The molecule has 0 fully saturated rings. The molecule has 2 N–H and O–H groups in total. The van der Waals surface area contributed by atoms with Gasteiger partial charge in [0.15, 0.2) is 0 Å². The van der Waals surface area contributed by atoms with Crippen molar-refractivity contribution in [2.45, 2.75) is 26.3 Å². The minimum Gasteiger partial charge on any atom is -0.326 e. The molecule has 1 aromatic carbocycles. The van der Waals surface area contributed by atoms with Crippen LogP contribution in [-0.2, 0) is 4.79 Å². The predicted molar refractivity (Wildman–Crippen MR) is 79.9 cm³/mol. The molecule has 0 bridgehead atoms. The van der Waals surface area contributed by atoms with E-state index in [2.05, 4.69) is 15.7 Å². The van der Waals surface area contributed by atoms with Crippen LogP contribution in [0.25, 0.3) is 5.69 Å². The molecule has 0 saturated heterocycles. The maximum absolute atomic E-state index is 11.8. The summed E-state index contributed by atoms with van der Waals surface area (Å²) in [6, 6.07) is 9.67. The topological polar surface area (TPSA) is 59.0 Å². The van der Waals surface area contributed by atoms with Crippen molar-refractivity contribution in [3.8, 4) is 5.69 Å². The number of carbonyl (C=O) groups is 1. The van der Waals surface area contributed by atoms with Crippen LogP contribution >= 0.6 is 0 Å². The minimum absolute atomic E-state index is 0.0188. The van der Waals surface area contributed by atoms with Crippen molar-refractivity contribution in [1.82, 2.24) is 15.1 Å². The Morgan fingerprint density at radius 1 is 1.35 bits per heavy atom. The highest BCUT2D eigenvalue weighted by Crippen LogP contribution is 2.13. The molecule has 1 aromatic heterocycles. The van der Waals surface area contributed by atoms with Crippen molar-refractivity contribution in [2.24, 2.45) is 0 Å². The van der Waals surface area contributed by atoms with Crippen LogP contribution in [0.4, 0.5) is 5.69 Å². The Balaban J connectivity index is 1.92. The number of hydrogen-bond donors (Lipinski definition) is 2. The van der Waals surface area contributed by atoms with Crippen molar-refractivity contribution in [3.05, 3.63) is 42.7 Å². The third-order valence-corrected chi connectivity index (χ3v) is 2.96. The number of benzene rings is 1. The lowest BCUT2D eigenvalue weighted by Crippen LogP contribution is -2.30. The third-order valence-electron chi connectivity index (χ3n) is 2.96. The predicted octanol–water partition coefficient (Wildman–Crippen LogP) is 2.20. The molecule has 0 aliphatic carbocycles. The van der Waals surface area contributed by atoms with Gasteiger partial charge in [0.25, 0.3) is 0 Å². The molecule has 0 aliphatic rings. The molecule has 1 atom stereocenters. The normalized spacial score (nSPS) is 12.1. The molecule has 106 valence electrons. The van der Waals surface area contributed by atoms with Crippen molar-refractivity contribution >= 4 is 11.6 Å². The summed E-state index contributed by atoms with van der Waals surface area (Å²) in [6.45, 7) is 4.90. The maximum Gasteiger partial charge on any atom is 0.225 e. The van der Waals surface area contributed by atoms with Crippen molar-refractivity contribution in [1.29, 1.82) is 0 Å². The highest BCUT2D eigenvalue weighted by atomic mass is 16.1. The van der Waals surface area contributed by atoms with Crippen molar-refractivity contribution in [3.63, 3.8) is 0 Å². The van der Waals surface area contributed by atoms with Crippen LogP contribution in [-0.4, -0.2) is 28.3 Å². The Labute approximate surface area is 119 Å².